The fourth-order valence-electron chi connectivity index (χ4n) is 0.927. The van der Waals surface area contributed by atoms with E-state index in [-0.39, 0.29) is 0 Å². The van der Waals surface area contributed by atoms with Crippen molar-refractivity contribution >= 4 is 0 Å². The Morgan fingerprint density at radius 2 is 1.40 bits per heavy atom. The van der Waals surface area contributed by atoms with Crippen LogP contribution in [0.4, 0.5) is 0 Å². The van der Waals surface area contributed by atoms with Gasteiger partial charge in [-0.1, -0.05) is 33.1 Å². The molecule has 0 aliphatic heterocycles. The molecule has 0 aromatic rings. The van der Waals surface area contributed by atoms with Crippen molar-refractivity contribution in [3.8, 4) is 0 Å². The lowest BCUT2D eigenvalue weighted by atomic mass is 10.2. The summed E-state index contributed by atoms with van der Waals surface area (Å²) in [5.41, 5.74) is 0. The molecule has 0 saturated heterocycles. The summed E-state index contributed by atoms with van der Waals surface area (Å²) in [6.45, 7) is 6.90. The molecule has 0 fully saturated rings. The molecule has 0 saturated carbocycles. The first-order valence-electron chi connectivity index (χ1n) is 4.62. The van der Waals surface area contributed by atoms with E-state index in [1.807, 2.05) is 0 Å². The lowest BCUT2D eigenvalue weighted by molar-refractivity contribution is 0.595. The predicted molar refractivity (Wildman–Crippen MR) is 47.3 cm³/mol. The van der Waals surface area contributed by atoms with Gasteiger partial charge in [0.25, 0.3) is 0 Å². The Bertz CT molecular complexity index is 44.7. The molecule has 0 aliphatic carbocycles. The molecule has 1 heteroatoms. The van der Waals surface area contributed by atoms with E-state index in [2.05, 4.69) is 19.2 Å². The molecule has 0 amide bonds. The van der Waals surface area contributed by atoms with E-state index in [1.165, 1.54) is 45.2 Å². The molecule has 0 aliphatic rings. The van der Waals surface area contributed by atoms with Gasteiger partial charge in [-0.15, -0.1) is 0 Å². The standard InChI is InChI=1S/C9H21N/c1-3-5-7-9-10-8-6-4-2/h10H,3-9H2,1-2H3. The van der Waals surface area contributed by atoms with Gasteiger partial charge >= 0.3 is 0 Å². The monoisotopic (exact) mass is 143 g/mol. The summed E-state index contributed by atoms with van der Waals surface area (Å²) in [6, 6.07) is 0. The summed E-state index contributed by atoms with van der Waals surface area (Å²) in [5.74, 6) is 0. The highest BCUT2D eigenvalue weighted by Gasteiger charge is 1.85. The molecule has 0 heterocycles. The van der Waals surface area contributed by atoms with Crippen molar-refractivity contribution in [3.05, 3.63) is 0 Å². The van der Waals surface area contributed by atoms with Crippen LogP contribution in [0, 0.1) is 0 Å². The highest BCUT2D eigenvalue weighted by molar-refractivity contribution is 4.46. The molecular weight excluding hydrogens is 122 g/mol. The van der Waals surface area contributed by atoms with Crippen LogP contribution in [-0.4, -0.2) is 13.1 Å². The van der Waals surface area contributed by atoms with Gasteiger partial charge in [-0.2, -0.15) is 0 Å². The average Bonchev–Trinajstić information content (AvgIpc) is 1.97. The Balaban J connectivity index is 2.65. The summed E-state index contributed by atoms with van der Waals surface area (Å²) in [4.78, 5) is 0. The molecule has 62 valence electrons. The van der Waals surface area contributed by atoms with Crippen molar-refractivity contribution in [1.82, 2.24) is 5.32 Å². The van der Waals surface area contributed by atoms with Gasteiger partial charge < -0.3 is 5.32 Å². The summed E-state index contributed by atoms with van der Waals surface area (Å²) < 4.78 is 0. The van der Waals surface area contributed by atoms with E-state index in [0.29, 0.717) is 0 Å². The fourth-order valence-corrected chi connectivity index (χ4v) is 0.927. The van der Waals surface area contributed by atoms with Gasteiger partial charge in [-0.25, -0.2) is 0 Å². The van der Waals surface area contributed by atoms with Gasteiger partial charge in [0.2, 0.25) is 0 Å². The molecule has 1 nitrogen and oxygen atoms in total. The molecule has 0 aromatic carbocycles. The van der Waals surface area contributed by atoms with E-state index in [4.69, 9.17) is 0 Å². The quantitative estimate of drug-likeness (QED) is 0.540. The zero-order chi connectivity index (χ0) is 7.66. The molecule has 0 atom stereocenters. The lowest BCUT2D eigenvalue weighted by Crippen LogP contribution is -2.16. The Morgan fingerprint density at radius 3 is 2.00 bits per heavy atom. The summed E-state index contributed by atoms with van der Waals surface area (Å²) in [6.07, 6.45) is 6.68. The van der Waals surface area contributed by atoms with Crippen molar-refractivity contribution in [3.63, 3.8) is 0 Å². The van der Waals surface area contributed by atoms with Gasteiger partial charge in [0.05, 0.1) is 0 Å². The second kappa shape index (κ2) is 8.96. The van der Waals surface area contributed by atoms with Crippen LogP contribution in [0.2, 0.25) is 0 Å². The third-order valence-electron chi connectivity index (χ3n) is 1.66. The van der Waals surface area contributed by atoms with Crippen LogP contribution in [0.3, 0.4) is 0 Å². The zero-order valence-corrected chi connectivity index (χ0v) is 7.45. The maximum absolute atomic E-state index is 3.42. The molecule has 1 N–H and O–H groups in total. The minimum atomic E-state index is 1.21. The number of rotatable bonds is 7. The van der Waals surface area contributed by atoms with Crippen molar-refractivity contribution < 1.29 is 0 Å². The third kappa shape index (κ3) is 7.96. The SMILES string of the molecule is CCCCCNCCCC. The lowest BCUT2D eigenvalue weighted by Gasteiger charge is -2.01. The zero-order valence-electron chi connectivity index (χ0n) is 7.45. The smallest absolute Gasteiger partial charge is 0.00489 e. The highest BCUT2D eigenvalue weighted by atomic mass is 14.8. The normalized spacial score (nSPS) is 10.2. The molecule has 0 spiro atoms. The van der Waals surface area contributed by atoms with Crippen molar-refractivity contribution in [2.24, 2.45) is 0 Å². The van der Waals surface area contributed by atoms with E-state index >= 15 is 0 Å². The Morgan fingerprint density at radius 1 is 0.800 bits per heavy atom. The second-order valence-electron chi connectivity index (χ2n) is 2.81. The molecule has 0 rings (SSSR count). The van der Waals surface area contributed by atoms with Crippen molar-refractivity contribution in [2.45, 2.75) is 46.0 Å². The van der Waals surface area contributed by atoms with Crippen molar-refractivity contribution in [1.29, 1.82) is 0 Å². The van der Waals surface area contributed by atoms with E-state index in [9.17, 15) is 0 Å². The number of hydrogen-bond donors (Lipinski definition) is 1. The molecule has 10 heavy (non-hydrogen) atoms. The van der Waals surface area contributed by atoms with Gasteiger partial charge in [0.1, 0.15) is 0 Å². The largest absolute Gasteiger partial charge is 0.317 e. The topological polar surface area (TPSA) is 12.0 Å². The van der Waals surface area contributed by atoms with Gasteiger partial charge in [0.15, 0.2) is 0 Å². The van der Waals surface area contributed by atoms with Gasteiger partial charge in [-0.3, -0.25) is 0 Å². The van der Waals surface area contributed by atoms with Gasteiger partial charge in [0, 0.05) is 0 Å². The van der Waals surface area contributed by atoms with E-state index in [0.717, 1.165) is 0 Å². The number of hydrogen-bond acceptors (Lipinski definition) is 1. The second-order valence-corrected chi connectivity index (χ2v) is 2.81. The summed E-state index contributed by atoms with van der Waals surface area (Å²) in [5, 5.41) is 3.42. The molecule has 0 radical (unpaired) electrons. The Hall–Kier alpha value is -0.0400. The van der Waals surface area contributed by atoms with Gasteiger partial charge in [-0.05, 0) is 25.9 Å². The van der Waals surface area contributed by atoms with Crippen LogP contribution < -0.4 is 5.32 Å². The van der Waals surface area contributed by atoms with Crippen LogP contribution >= 0.6 is 0 Å². The molecule has 0 aromatic heterocycles. The molecule has 0 unspecified atom stereocenters. The maximum Gasteiger partial charge on any atom is -0.00489 e. The molecular formula is C9H21N. The van der Waals surface area contributed by atoms with Crippen LogP contribution in [0.15, 0.2) is 0 Å². The predicted octanol–water partition coefficient (Wildman–Crippen LogP) is 2.57. The minimum Gasteiger partial charge on any atom is -0.317 e. The van der Waals surface area contributed by atoms with Crippen LogP contribution in [-0.2, 0) is 0 Å². The maximum atomic E-state index is 3.42. The summed E-state index contributed by atoms with van der Waals surface area (Å²) in [7, 11) is 0. The Labute approximate surface area is 65.2 Å². The third-order valence-corrected chi connectivity index (χ3v) is 1.66. The minimum absolute atomic E-state index is 1.21. The van der Waals surface area contributed by atoms with Crippen LogP contribution in [0.5, 0.6) is 0 Å². The van der Waals surface area contributed by atoms with Crippen LogP contribution in [0.25, 0.3) is 0 Å². The molecule has 0 bridgehead atoms. The fraction of sp³-hybridized carbons (Fsp3) is 1.00. The summed E-state index contributed by atoms with van der Waals surface area (Å²) >= 11 is 0. The first-order valence-corrected chi connectivity index (χ1v) is 4.62. The van der Waals surface area contributed by atoms with E-state index in [1.54, 1.807) is 0 Å². The first-order chi connectivity index (χ1) is 4.91. The first kappa shape index (κ1) is 9.96. The van der Waals surface area contributed by atoms with Crippen LogP contribution in [0.1, 0.15) is 46.0 Å². The Kier molecular flexibility index (Phi) is 8.92. The highest BCUT2D eigenvalue weighted by Crippen LogP contribution is 1.91. The average molecular weight is 143 g/mol. The van der Waals surface area contributed by atoms with E-state index < -0.39 is 0 Å². The number of nitrogens with one attached hydrogen (secondary N) is 1. The van der Waals surface area contributed by atoms with Crippen molar-refractivity contribution in [2.75, 3.05) is 13.1 Å². The number of unbranched alkanes of at least 4 members (excludes halogenated alkanes) is 3.